The van der Waals surface area contributed by atoms with Crippen molar-refractivity contribution in [3.8, 4) is 0 Å². The number of carbonyl (C=O) groups excluding carboxylic acids is 1. The molecule has 0 bridgehead atoms. The molecule has 6 nitrogen and oxygen atoms in total. The second-order valence-corrected chi connectivity index (χ2v) is 10.9. The molecule has 27 heavy (non-hydrogen) atoms. The lowest BCUT2D eigenvalue weighted by Crippen LogP contribution is -2.55. The molecule has 1 aromatic rings. The summed E-state index contributed by atoms with van der Waals surface area (Å²) in [7, 11) is -3.46. The number of thioether (sulfide) groups is 1. The predicted octanol–water partition coefficient (Wildman–Crippen LogP) is 2.10. The van der Waals surface area contributed by atoms with Gasteiger partial charge in [-0.25, -0.2) is 8.42 Å². The average molecular weight is 412 g/mol. The monoisotopic (exact) mass is 411 g/mol. The van der Waals surface area contributed by atoms with Gasteiger partial charge in [-0.1, -0.05) is 24.6 Å². The Morgan fingerprint density at radius 3 is 2.56 bits per heavy atom. The summed E-state index contributed by atoms with van der Waals surface area (Å²) in [5.74, 6) is 0.774. The van der Waals surface area contributed by atoms with Crippen molar-refractivity contribution in [1.29, 1.82) is 0 Å². The van der Waals surface area contributed by atoms with E-state index in [4.69, 9.17) is 0 Å². The van der Waals surface area contributed by atoms with Crippen LogP contribution in [0.2, 0.25) is 0 Å². The van der Waals surface area contributed by atoms with E-state index in [1.54, 1.807) is 28.2 Å². The van der Waals surface area contributed by atoms with Crippen LogP contribution in [0.3, 0.4) is 0 Å². The van der Waals surface area contributed by atoms with E-state index >= 15 is 0 Å². The number of nitrogens with zero attached hydrogens (tertiary/aromatic N) is 1. The Morgan fingerprint density at radius 2 is 1.96 bits per heavy atom. The van der Waals surface area contributed by atoms with Crippen molar-refractivity contribution in [1.82, 2.24) is 14.9 Å². The quantitative estimate of drug-likeness (QED) is 0.776. The maximum atomic E-state index is 12.9. The Hall–Kier alpha value is -1.09. The van der Waals surface area contributed by atoms with Gasteiger partial charge in [0.2, 0.25) is 15.9 Å². The molecule has 8 heteroatoms. The van der Waals surface area contributed by atoms with E-state index in [0.717, 1.165) is 17.7 Å². The van der Waals surface area contributed by atoms with Crippen LogP contribution in [0.5, 0.6) is 0 Å². The molecule has 1 amide bonds. The van der Waals surface area contributed by atoms with E-state index in [2.05, 4.69) is 10.6 Å². The fourth-order valence-electron chi connectivity index (χ4n) is 3.47. The van der Waals surface area contributed by atoms with Crippen LogP contribution in [0.25, 0.3) is 0 Å². The lowest BCUT2D eigenvalue weighted by molar-refractivity contribution is -0.123. The number of hydrogen-bond acceptors (Lipinski definition) is 5. The zero-order chi connectivity index (χ0) is 19.7. The number of benzene rings is 1. The number of rotatable bonds is 5. The highest BCUT2D eigenvalue weighted by atomic mass is 32.2. The van der Waals surface area contributed by atoms with E-state index in [9.17, 15) is 13.2 Å². The van der Waals surface area contributed by atoms with Gasteiger partial charge < -0.3 is 5.32 Å². The van der Waals surface area contributed by atoms with Gasteiger partial charge in [-0.05, 0) is 45.2 Å². The summed E-state index contributed by atoms with van der Waals surface area (Å²) in [6.07, 6.45) is 2.31. The largest absolute Gasteiger partial charge is 0.352 e. The summed E-state index contributed by atoms with van der Waals surface area (Å²) in [5, 5.41) is 6.52. The van der Waals surface area contributed by atoms with Crippen molar-refractivity contribution >= 4 is 27.7 Å². The summed E-state index contributed by atoms with van der Waals surface area (Å²) in [6.45, 7) is 6.93. The Bertz CT molecular complexity index is 772. The minimum Gasteiger partial charge on any atom is -0.352 e. The SMILES string of the molecule is CC[C@H](C)NC(=O)[C@H]1CSC2(CCN(S(=O)(=O)c3ccc(C)cc3)CC2)N1. The summed E-state index contributed by atoms with van der Waals surface area (Å²) >= 11 is 1.75. The number of sulfonamides is 1. The average Bonchev–Trinajstić information content (AvgIpc) is 3.06. The zero-order valence-corrected chi connectivity index (χ0v) is 17.8. The fraction of sp³-hybridized carbons (Fsp3) is 0.632. The first-order chi connectivity index (χ1) is 12.8. The highest BCUT2D eigenvalue weighted by Crippen LogP contribution is 2.40. The molecule has 150 valence electrons. The Kier molecular flexibility index (Phi) is 6.20. The zero-order valence-electron chi connectivity index (χ0n) is 16.2. The second-order valence-electron chi connectivity index (χ2n) is 7.54. The Labute approximate surface area is 166 Å². The first-order valence-corrected chi connectivity index (χ1v) is 12.0. The van der Waals surface area contributed by atoms with Gasteiger partial charge in [0, 0.05) is 24.9 Å². The molecule has 2 heterocycles. The van der Waals surface area contributed by atoms with Crippen molar-refractivity contribution in [2.45, 2.75) is 61.9 Å². The van der Waals surface area contributed by atoms with Crippen molar-refractivity contribution in [2.75, 3.05) is 18.8 Å². The third-order valence-corrected chi connectivity index (χ3v) is 8.96. The van der Waals surface area contributed by atoms with Gasteiger partial charge in [-0.2, -0.15) is 4.31 Å². The van der Waals surface area contributed by atoms with Crippen LogP contribution in [0.1, 0.15) is 38.7 Å². The van der Waals surface area contributed by atoms with E-state index < -0.39 is 10.0 Å². The summed E-state index contributed by atoms with van der Waals surface area (Å²) < 4.78 is 27.3. The normalized spacial score (nSPS) is 24.0. The maximum absolute atomic E-state index is 12.9. The highest BCUT2D eigenvalue weighted by Gasteiger charge is 2.45. The maximum Gasteiger partial charge on any atom is 0.243 e. The third kappa shape index (κ3) is 4.50. The van der Waals surface area contributed by atoms with E-state index in [1.165, 1.54) is 0 Å². The van der Waals surface area contributed by atoms with Gasteiger partial charge in [0.15, 0.2) is 0 Å². The summed E-state index contributed by atoms with van der Waals surface area (Å²) in [4.78, 5) is 12.5. The van der Waals surface area contributed by atoms with E-state index in [0.29, 0.717) is 30.8 Å². The first kappa shape index (κ1) is 20.6. The first-order valence-electron chi connectivity index (χ1n) is 9.54. The summed E-state index contributed by atoms with van der Waals surface area (Å²) in [5.41, 5.74) is 1.04. The number of carbonyl (C=O) groups is 1. The molecule has 2 fully saturated rings. The molecule has 0 saturated carbocycles. The van der Waals surface area contributed by atoms with Crippen LogP contribution < -0.4 is 10.6 Å². The molecule has 1 aromatic carbocycles. The molecule has 2 saturated heterocycles. The van der Waals surface area contributed by atoms with Gasteiger partial charge in [-0.3, -0.25) is 10.1 Å². The molecule has 2 aliphatic rings. The molecule has 0 aliphatic carbocycles. The van der Waals surface area contributed by atoms with Gasteiger partial charge in [-0.15, -0.1) is 11.8 Å². The van der Waals surface area contributed by atoms with Gasteiger partial charge in [0.25, 0.3) is 0 Å². The summed E-state index contributed by atoms with van der Waals surface area (Å²) in [6, 6.07) is 6.96. The Balaban J connectivity index is 1.60. The molecule has 3 rings (SSSR count). The number of nitrogens with one attached hydrogen (secondary N) is 2. The molecule has 2 aliphatic heterocycles. The van der Waals surface area contributed by atoms with Crippen molar-refractivity contribution in [3.05, 3.63) is 29.8 Å². The van der Waals surface area contributed by atoms with Crippen molar-refractivity contribution < 1.29 is 13.2 Å². The van der Waals surface area contributed by atoms with Crippen LogP contribution in [0, 0.1) is 6.92 Å². The van der Waals surface area contributed by atoms with Crippen molar-refractivity contribution in [3.63, 3.8) is 0 Å². The number of amides is 1. The molecular weight excluding hydrogens is 382 g/mol. The molecule has 2 atom stereocenters. The highest BCUT2D eigenvalue weighted by molar-refractivity contribution is 8.01. The Morgan fingerprint density at radius 1 is 1.33 bits per heavy atom. The second kappa shape index (κ2) is 8.11. The minimum absolute atomic E-state index is 0.0448. The number of hydrogen-bond donors (Lipinski definition) is 2. The molecule has 2 N–H and O–H groups in total. The molecule has 0 unspecified atom stereocenters. The molecule has 1 spiro atoms. The van der Waals surface area contributed by atoms with Crippen LogP contribution in [-0.4, -0.2) is 54.4 Å². The van der Waals surface area contributed by atoms with Gasteiger partial charge in [0.1, 0.15) is 0 Å². The van der Waals surface area contributed by atoms with E-state index in [-0.39, 0.29) is 22.9 Å². The number of aryl methyl sites for hydroxylation is 1. The van der Waals surface area contributed by atoms with Crippen molar-refractivity contribution in [2.24, 2.45) is 0 Å². The lowest BCUT2D eigenvalue weighted by atomic mass is 10.0. The van der Waals surface area contributed by atoms with Crippen LogP contribution >= 0.6 is 11.8 Å². The van der Waals surface area contributed by atoms with Crippen LogP contribution in [0.15, 0.2) is 29.2 Å². The smallest absolute Gasteiger partial charge is 0.243 e. The number of piperidine rings is 1. The predicted molar refractivity (Wildman–Crippen MR) is 109 cm³/mol. The van der Waals surface area contributed by atoms with Crippen LogP contribution in [-0.2, 0) is 14.8 Å². The topological polar surface area (TPSA) is 78.5 Å². The third-order valence-electron chi connectivity index (χ3n) is 5.47. The van der Waals surface area contributed by atoms with Gasteiger partial charge in [0.05, 0.1) is 15.8 Å². The van der Waals surface area contributed by atoms with Crippen LogP contribution in [0.4, 0.5) is 0 Å². The fourth-order valence-corrected chi connectivity index (χ4v) is 6.32. The van der Waals surface area contributed by atoms with Gasteiger partial charge >= 0.3 is 0 Å². The molecule has 0 radical (unpaired) electrons. The lowest BCUT2D eigenvalue weighted by Gasteiger charge is -2.38. The minimum atomic E-state index is -3.46. The molecule has 0 aromatic heterocycles. The molecular formula is C19H29N3O3S2. The standard InChI is InChI=1S/C19H29N3O3S2/c1-4-15(3)20-18(23)17-13-26-19(21-17)9-11-22(12-10-19)27(24,25)16-7-5-14(2)6-8-16/h5-8,15,17,21H,4,9-13H2,1-3H3,(H,20,23)/t15-,17+/m0/s1. The van der Waals surface area contributed by atoms with E-state index in [1.807, 2.05) is 32.9 Å².